The lowest BCUT2D eigenvalue weighted by Crippen LogP contribution is -2.27. The summed E-state index contributed by atoms with van der Waals surface area (Å²) >= 11 is 7.64. The van der Waals surface area contributed by atoms with E-state index in [1.807, 2.05) is 54.6 Å². The van der Waals surface area contributed by atoms with Crippen molar-refractivity contribution in [2.45, 2.75) is 13.0 Å². The van der Waals surface area contributed by atoms with Crippen LogP contribution in [0.15, 0.2) is 60.8 Å². The Kier molecular flexibility index (Phi) is 6.17. The van der Waals surface area contributed by atoms with Gasteiger partial charge in [-0.1, -0.05) is 60.1 Å². The van der Waals surface area contributed by atoms with Gasteiger partial charge in [-0.05, 0) is 17.2 Å². The average Bonchev–Trinajstić information content (AvgIpc) is 3.05. The van der Waals surface area contributed by atoms with Crippen LogP contribution >= 0.6 is 22.9 Å². The fourth-order valence-electron chi connectivity index (χ4n) is 2.36. The van der Waals surface area contributed by atoms with Crippen LogP contribution in [0.25, 0.3) is 0 Å². The van der Waals surface area contributed by atoms with E-state index in [4.69, 9.17) is 11.6 Å². The number of carbonyl (C=O) groups is 1. The molecule has 3 aromatic rings. The summed E-state index contributed by atoms with van der Waals surface area (Å²) in [5, 5.41) is 7.29. The number of rotatable bonds is 7. The minimum Gasteiger partial charge on any atom is -0.304 e. The van der Waals surface area contributed by atoms with Crippen molar-refractivity contribution in [3.63, 3.8) is 0 Å². The number of amides is 1. The van der Waals surface area contributed by atoms with Crippen LogP contribution in [0.2, 0.25) is 5.02 Å². The van der Waals surface area contributed by atoms with Crippen molar-refractivity contribution in [1.29, 1.82) is 0 Å². The third kappa shape index (κ3) is 5.39. The van der Waals surface area contributed by atoms with Crippen LogP contribution in [0.1, 0.15) is 16.0 Å². The molecule has 0 aliphatic rings. The Morgan fingerprint density at radius 2 is 1.84 bits per heavy atom. The van der Waals surface area contributed by atoms with Gasteiger partial charge in [0.2, 0.25) is 5.91 Å². The highest BCUT2D eigenvalue weighted by Gasteiger charge is 2.08. The third-order valence-corrected chi connectivity index (χ3v) is 4.86. The molecule has 0 saturated carbocycles. The number of carbonyl (C=O) groups excluding carboxylic acids is 1. The Morgan fingerprint density at radius 1 is 1.08 bits per heavy atom. The molecule has 0 unspecified atom stereocenters. The van der Waals surface area contributed by atoms with Crippen molar-refractivity contribution >= 4 is 34.0 Å². The third-order valence-electron chi connectivity index (χ3n) is 3.58. The first-order chi connectivity index (χ1) is 12.2. The minimum absolute atomic E-state index is 0.102. The first kappa shape index (κ1) is 17.6. The summed E-state index contributed by atoms with van der Waals surface area (Å²) in [4.78, 5) is 17.3. The first-order valence-corrected chi connectivity index (χ1v) is 9.13. The highest BCUT2D eigenvalue weighted by Crippen LogP contribution is 2.24. The van der Waals surface area contributed by atoms with Crippen LogP contribution in [-0.4, -0.2) is 17.4 Å². The maximum Gasteiger partial charge on any atom is 0.240 e. The summed E-state index contributed by atoms with van der Waals surface area (Å²) in [6.07, 6.45) is 2.49. The standard InChI is InChI=1S/C19H18ClN3OS/c20-17-9-5-4-8-15(17)10-16-12-22-19(25-16)23-18(24)13-21-11-14-6-2-1-3-7-14/h1-9,12,21H,10-11,13H2,(H,22,23,24). The Morgan fingerprint density at radius 3 is 2.64 bits per heavy atom. The van der Waals surface area contributed by atoms with Gasteiger partial charge in [0.05, 0.1) is 6.54 Å². The van der Waals surface area contributed by atoms with Crippen molar-refractivity contribution in [3.8, 4) is 0 Å². The summed E-state index contributed by atoms with van der Waals surface area (Å²) in [5.41, 5.74) is 2.20. The number of anilines is 1. The summed E-state index contributed by atoms with van der Waals surface area (Å²) < 4.78 is 0. The molecule has 25 heavy (non-hydrogen) atoms. The van der Waals surface area contributed by atoms with Crippen LogP contribution in [0.4, 0.5) is 5.13 Å². The quantitative estimate of drug-likeness (QED) is 0.657. The normalized spacial score (nSPS) is 10.6. The lowest BCUT2D eigenvalue weighted by atomic mass is 10.1. The fourth-order valence-corrected chi connectivity index (χ4v) is 3.41. The molecular formula is C19H18ClN3OS. The molecule has 0 fully saturated rings. The molecule has 0 bridgehead atoms. The highest BCUT2D eigenvalue weighted by molar-refractivity contribution is 7.15. The smallest absolute Gasteiger partial charge is 0.240 e. The van der Waals surface area contributed by atoms with E-state index >= 15 is 0 Å². The van der Waals surface area contributed by atoms with Gasteiger partial charge in [-0.2, -0.15) is 0 Å². The number of thiazole rings is 1. The van der Waals surface area contributed by atoms with Gasteiger partial charge < -0.3 is 10.6 Å². The topological polar surface area (TPSA) is 54.0 Å². The van der Waals surface area contributed by atoms with Gasteiger partial charge in [0, 0.05) is 29.1 Å². The number of aromatic nitrogens is 1. The molecule has 0 aliphatic heterocycles. The van der Waals surface area contributed by atoms with Crippen LogP contribution in [0, 0.1) is 0 Å². The number of benzene rings is 2. The van der Waals surface area contributed by atoms with Crippen molar-refractivity contribution in [1.82, 2.24) is 10.3 Å². The van der Waals surface area contributed by atoms with E-state index in [0.717, 1.165) is 21.0 Å². The number of nitrogens with zero attached hydrogens (tertiary/aromatic N) is 1. The molecule has 2 N–H and O–H groups in total. The monoisotopic (exact) mass is 371 g/mol. The summed E-state index contributed by atoms with van der Waals surface area (Å²) in [6, 6.07) is 17.7. The van der Waals surface area contributed by atoms with E-state index in [1.54, 1.807) is 6.20 Å². The molecule has 0 radical (unpaired) electrons. The molecule has 1 heterocycles. The Hall–Kier alpha value is -2.21. The van der Waals surface area contributed by atoms with Gasteiger partial charge in [-0.3, -0.25) is 4.79 Å². The van der Waals surface area contributed by atoms with Crippen molar-refractivity contribution in [3.05, 3.63) is 81.8 Å². The molecule has 1 amide bonds. The van der Waals surface area contributed by atoms with Crippen LogP contribution < -0.4 is 10.6 Å². The van der Waals surface area contributed by atoms with Gasteiger partial charge in [-0.25, -0.2) is 4.98 Å². The zero-order valence-electron chi connectivity index (χ0n) is 13.5. The molecule has 4 nitrogen and oxygen atoms in total. The lowest BCUT2D eigenvalue weighted by Gasteiger charge is -2.04. The SMILES string of the molecule is O=C(CNCc1ccccc1)Nc1ncc(Cc2ccccc2Cl)s1. The fraction of sp³-hybridized carbons (Fsp3) is 0.158. The zero-order valence-corrected chi connectivity index (χ0v) is 15.1. The maximum atomic E-state index is 12.0. The number of hydrogen-bond acceptors (Lipinski definition) is 4. The Balaban J connectivity index is 1.47. The zero-order chi connectivity index (χ0) is 17.5. The van der Waals surface area contributed by atoms with Crippen molar-refractivity contribution < 1.29 is 4.79 Å². The summed E-state index contributed by atoms with van der Waals surface area (Å²) in [6.45, 7) is 0.901. The van der Waals surface area contributed by atoms with E-state index in [1.165, 1.54) is 11.3 Å². The van der Waals surface area contributed by atoms with Gasteiger partial charge in [0.1, 0.15) is 0 Å². The van der Waals surface area contributed by atoms with E-state index in [2.05, 4.69) is 15.6 Å². The summed E-state index contributed by atoms with van der Waals surface area (Å²) in [7, 11) is 0. The minimum atomic E-state index is -0.102. The van der Waals surface area contributed by atoms with Crippen LogP contribution in [-0.2, 0) is 17.8 Å². The molecule has 3 rings (SSSR count). The predicted molar refractivity (Wildman–Crippen MR) is 103 cm³/mol. The molecule has 6 heteroatoms. The number of nitrogens with one attached hydrogen (secondary N) is 2. The van der Waals surface area contributed by atoms with Crippen molar-refractivity contribution in [2.75, 3.05) is 11.9 Å². The maximum absolute atomic E-state index is 12.0. The van der Waals surface area contributed by atoms with Gasteiger partial charge >= 0.3 is 0 Å². The second-order valence-corrected chi connectivity index (χ2v) is 7.06. The Bertz CT molecular complexity index is 835. The van der Waals surface area contributed by atoms with Crippen molar-refractivity contribution in [2.24, 2.45) is 0 Å². The molecule has 1 aromatic heterocycles. The Labute approximate surface area is 155 Å². The largest absolute Gasteiger partial charge is 0.304 e. The van der Waals surface area contributed by atoms with Crippen LogP contribution in [0.3, 0.4) is 0 Å². The molecule has 0 saturated heterocycles. The van der Waals surface area contributed by atoms with Gasteiger partial charge in [0.25, 0.3) is 0 Å². The second-order valence-electron chi connectivity index (χ2n) is 5.54. The molecule has 0 atom stereocenters. The summed E-state index contributed by atoms with van der Waals surface area (Å²) in [5.74, 6) is -0.102. The molecule has 0 aliphatic carbocycles. The van der Waals surface area contributed by atoms with E-state index in [9.17, 15) is 4.79 Å². The number of halogens is 1. The predicted octanol–water partition coefficient (Wildman–Crippen LogP) is 4.12. The highest BCUT2D eigenvalue weighted by atomic mass is 35.5. The number of hydrogen-bond donors (Lipinski definition) is 2. The molecule has 128 valence electrons. The lowest BCUT2D eigenvalue weighted by molar-refractivity contribution is -0.115. The van der Waals surface area contributed by atoms with Gasteiger partial charge in [0.15, 0.2) is 5.13 Å². The molecule has 2 aromatic carbocycles. The molecule has 0 spiro atoms. The second kappa shape index (κ2) is 8.76. The van der Waals surface area contributed by atoms with E-state index in [0.29, 0.717) is 18.1 Å². The van der Waals surface area contributed by atoms with Crippen LogP contribution in [0.5, 0.6) is 0 Å². The molecular weight excluding hydrogens is 354 g/mol. The van der Waals surface area contributed by atoms with Gasteiger partial charge in [-0.15, -0.1) is 11.3 Å². The van der Waals surface area contributed by atoms with E-state index < -0.39 is 0 Å². The average molecular weight is 372 g/mol. The van der Waals surface area contributed by atoms with E-state index in [-0.39, 0.29) is 12.5 Å². The first-order valence-electron chi connectivity index (χ1n) is 7.93.